The molecule has 1 aromatic heterocycles. The second-order valence-electron chi connectivity index (χ2n) is 3.63. The van der Waals surface area contributed by atoms with E-state index in [-0.39, 0.29) is 12.4 Å². The van der Waals surface area contributed by atoms with Crippen molar-refractivity contribution in [2.45, 2.75) is 32.4 Å². The fourth-order valence-corrected chi connectivity index (χ4v) is 2.29. The summed E-state index contributed by atoms with van der Waals surface area (Å²) in [6.07, 6.45) is 3.77. The van der Waals surface area contributed by atoms with Crippen molar-refractivity contribution >= 4 is 12.4 Å². The molecule has 1 aliphatic carbocycles. The van der Waals surface area contributed by atoms with E-state index in [9.17, 15) is 0 Å². The summed E-state index contributed by atoms with van der Waals surface area (Å²) in [6.45, 7) is 3.16. The van der Waals surface area contributed by atoms with Gasteiger partial charge in [0.1, 0.15) is 0 Å². The minimum atomic E-state index is 0. The Labute approximate surface area is 83.9 Å². The van der Waals surface area contributed by atoms with Gasteiger partial charge in [-0.3, -0.25) is 4.68 Å². The van der Waals surface area contributed by atoms with Crippen molar-refractivity contribution in [1.29, 1.82) is 0 Å². The summed E-state index contributed by atoms with van der Waals surface area (Å²) in [7, 11) is 0. The second kappa shape index (κ2) is 3.31. The number of hydrogen-bond acceptors (Lipinski definition) is 2. The van der Waals surface area contributed by atoms with Crippen LogP contribution in [0.25, 0.3) is 0 Å². The smallest absolute Gasteiger partial charge is 0.0660 e. The van der Waals surface area contributed by atoms with Crippen LogP contribution in [0.1, 0.15) is 23.4 Å². The summed E-state index contributed by atoms with van der Waals surface area (Å²) in [5.41, 5.74) is 4.37. The number of aromatic nitrogens is 2. The van der Waals surface area contributed by atoms with Crippen molar-refractivity contribution in [3.63, 3.8) is 0 Å². The van der Waals surface area contributed by atoms with E-state index in [1.807, 2.05) is 0 Å². The normalized spacial score (nSPS) is 19.1. The van der Waals surface area contributed by atoms with E-state index >= 15 is 0 Å². The Balaban J connectivity index is 0.000000653. The van der Waals surface area contributed by atoms with Gasteiger partial charge in [-0.25, -0.2) is 0 Å². The molecular weight excluding hydrogens is 186 g/mol. The first-order valence-electron chi connectivity index (χ1n) is 4.73. The lowest BCUT2D eigenvalue weighted by Crippen LogP contribution is -2.29. The topological polar surface area (TPSA) is 29.9 Å². The minimum Gasteiger partial charge on any atom is -0.309 e. The van der Waals surface area contributed by atoms with Gasteiger partial charge in [-0.2, -0.15) is 5.10 Å². The van der Waals surface area contributed by atoms with Crippen molar-refractivity contribution in [1.82, 2.24) is 15.1 Å². The molecule has 0 saturated carbocycles. The van der Waals surface area contributed by atoms with Gasteiger partial charge in [0.15, 0.2) is 0 Å². The quantitative estimate of drug-likeness (QED) is 0.673. The zero-order chi connectivity index (χ0) is 7.97. The Morgan fingerprint density at radius 3 is 3.15 bits per heavy atom. The summed E-state index contributed by atoms with van der Waals surface area (Å²) in [5.74, 6) is 0. The van der Waals surface area contributed by atoms with Crippen molar-refractivity contribution in [3.8, 4) is 0 Å². The highest BCUT2D eigenvalue weighted by Crippen LogP contribution is 2.25. The van der Waals surface area contributed by atoms with Crippen molar-refractivity contribution < 1.29 is 0 Å². The molecule has 2 heterocycles. The van der Waals surface area contributed by atoms with Gasteiger partial charge >= 0.3 is 0 Å². The van der Waals surface area contributed by atoms with Crippen molar-refractivity contribution in [3.05, 3.63) is 17.0 Å². The van der Waals surface area contributed by atoms with Crippen LogP contribution in [-0.2, 0) is 25.9 Å². The van der Waals surface area contributed by atoms with Crippen LogP contribution in [0, 0.1) is 0 Å². The lowest BCUT2D eigenvalue weighted by Gasteiger charge is -2.15. The summed E-state index contributed by atoms with van der Waals surface area (Å²) in [6, 6.07) is 0. The van der Waals surface area contributed by atoms with Crippen LogP contribution in [0.4, 0.5) is 0 Å². The monoisotopic (exact) mass is 199 g/mol. The molecule has 0 spiro atoms. The van der Waals surface area contributed by atoms with Gasteiger partial charge in [-0.1, -0.05) is 0 Å². The number of nitrogens with zero attached hydrogens (tertiary/aromatic N) is 2. The number of halogens is 1. The molecular formula is C9H14ClN3. The molecule has 0 atom stereocenters. The van der Waals surface area contributed by atoms with E-state index in [0.717, 1.165) is 19.6 Å². The predicted octanol–water partition coefficient (Wildman–Crippen LogP) is 0.897. The summed E-state index contributed by atoms with van der Waals surface area (Å²) in [5, 5.41) is 8.00. The maximum atomic E-state index is 4.61. The van der Waals surface area contributed by atoms with Gasteiger partial charge in [-0.05, 0) is 24.8 Å². The van der Waals surface area contributed by atoms with Gasteiger partial charge in [0.2, 0.25) is 0 Å². The van der Waals surface area contributed by atoms with E-state index < -0.39 is 0 Å². The number of fused-ring (bicyclic) bond motifs is 3. The number of aryl methyl sites for hydroxylation is 1. The predicted molar refractivity (Wildman–Crippen MR) is 53.2 cm³/mol. The van der Waals surface area contributed by atoms with Crippen LogP contribution >= 0.6 is 12.4 Å². The van der Waals surface area contributed by atoms with E-state index in [2.05, 4.69) is 15.1 Å². The Morgan fingerprint density at radius 2 is 2.23 bits per heavy atom. The SMILES string of the molecule is C1Cc2nn3c(c2C1)CNCC3.Cl. The molecule has 3 nitrogen and oxygen atoms in total. The van der Waals surface area contributed by atoms with Gasteiger partial charge in [0.05, 0.1) is 17.9 Å². The highest BCUT2D eigenvalue weighted by atomic mass is 35.5. The first-order chi connectivity index (χ1) is 5.95. The number of nitrogens with one attached hydrogen (secondary N) is 1. The van der Waals surface area contributed by atoms with Crippen LogP contribution in [-0.4, -0.2) is 16.3 Å². The number of rotatable bonds is 0. The third-order valence-electron chi connectivity index (χ3n) is 2.88. The molecule has 0 fully saturated rings. The van der Waals surface area contributed by atoms with Gasteiger partial charge in [0.25, 0.3) is 0 Å². The molecule has 1 N–H and O–H groups in total. The van der Waals surface area contributed by atoms with E-state index in [4.69, 9.17) is 0 Å². The molecule has 2 aliphatic rings. The summed E-state index contributed by atoms with van der Waals surface area (Å²) < 4.78 is 2.19. The maximum Gasteiger partial charge on any atom is 0.0660 e. The molecule has 1 aliphatic heterocycles. The molecule has 0 saturated heterocycles. The Bertz CT molecular complexity index is 319. The molecule has 3 rings (SSSR count). The minimum absolute atomic E-state index is 0. The van der Waals surface area contributed by atoms with Crippen molar-refractivity contribution in [2.24, 2.45) is 0 Å². The largest absolute Gasteiger partial charge is 0.309 e. The fourth-order valence-electron chi connectivity index (χ4n) is 2.29. The third-order valence-corrected chi connectivity index (χ3v) is 2.88. The molecule has 0 bridgehead atoms. The number of hydrogen-bond donors (Lipinski definition) is 1. The summed E-state index contributed by atoms with van der Waals surface area (Å²) in [4.78, 5) is 0. The van der Waals surface area contributed by atoms with Gasteiger partial charge in [0, 0.05) is 13.1 Å². The molecule has 0 unspecified atom stereocenters. The van der Waals surface area contributed by atoms with Crippen LogP contribution in [0.15, 0.2) is 0 Å². The Hall–Kier alpha value is -0.540. The molecule has 0 aromatic carbocycles. The highest BCUT2D eigenvalue weighted by Gasteiger charge is 2.22. The molecule has 0 radical (unpaired) electrons. The molecule has 13 heavy (non-hydrogen) atoms. The molecule has 72 valence electrons. The van der Waals surface area contributed by atoms with Crippen LogP contribution in [0.2, 0.25) is 0 Å². The van der Waals surface area contributed by atoms with Crippen molar-refractivity contribution in [2.75, 3.05) is 6.54 Å². The molecule has 0 amide bonds. The van der Waals surface area contributed by atoms with E-state index in [0.29, 0.717) is 0 Å². The van der Waals surface area contributed by atoms with Crippen LogP contribution in [0.5, 0.6) is 0 Å². The van der Waals surface area contributed by atoms with Gasteiger partial charge in [-0.15, -0.1) is 12.4 Å². The van der Waals surface area contributed by atoms with Crippen LogP contribution in [0.3, 0.4) is 0 Å². The Morgan fingerprint density at radius 1 is 1.31 bits per heavy atom. The zero-order valence-electron chi connectivity index (χ0n) is 7.55. The molecule has 1 aromatic rings. The third kappa shape index (κ3) is 1.27. The first kappa shape index (κ1) is 9.03. The average Bonchev–Trinajstić information content (AvgIpc) is 2.62. The fraction of sp³-hybridized carbons (Fsp3) is 0.667. The van der Waals surface area contributed by atoms with Crippen LogP contribution < -0.4 is 5.32 Å². The zero-order valence-corrected chi connectivity index (χ0v) is 8.36. The second-order valence-corrected chi connectivity index (χ2v) is 3.63. The lowest BCUT2D eigenvalue weighted by molar-refractivity contribution is 0.469. The highest BCUT2D eigenvalue weighted by molar-refractivity contribution is 5.85. The first-order valence-corrected chi connectivity index (χ1v) is 4.73. The van der Waals surface area contributed by atoms with E-state index in [1.54, 1.807) is 5.56 Å². The maximum absolute atomic E-state index is 4.61. The average molecular weight is 200 g/mol. The Kier molecular flexibility index (Phi) is 2.30. The summed E-state index contributed by atoms with van der Waals surface area (Å²) >= 11 is 0. The standard InChI is InChI=1S/C9H13N3.ClH/c1-2-7-8(3-1)11-12-5-4-10-6-9(7)12;/h10H,1-6H2;1H. The lowest BCUT2D eigenvalue weighted by atomic mass is 10.2. The molecule has 4 heteroatoms. The van der Waals surface area contributed by atoms with Gasteiger partial charge < -0.3 is 5.32 Å². The van der Waals surface area contributed by atoms with E-state index in [1.165, 1.54) is 30.7 Å².